The van der Waals surface area contributed by atoms with E-state index in [-0.39, 0.29) is 5.37 Å². The highest BCUT2D eigenvalue weighted by atomic mass is 32.2. The zero-order valence-corrected chi connectivity index (χ0v) is 7.51. The van der Waals surface area contributed by atoms with E-state index in [1.807, 2.05) is 0 Å². The van der Waals surface area contributed by atoms with Crippen LogP contribution in [0.15, 0.2) is 0 Å². The molecule has 1 nitrogen and oxygen atoms in total. The Balaban J connectivity index is 3.77. The van der Waals surface area contributed by atoms with Gasteiger partial charge in [-0.1, -0.05) is 0 Å². The summed E-state index contributed by atoms with van der Waals surface area (Å²) in [6.07, 6.45) is -2.37. The summed E-state index contributed by atoms with van der Waals surface area (Å²) in [5.74, 6) is 0. The van der Waals surface area contributed by atoms with Crippen LogP contribution in [0.3, 0.4) is 0 Å². The zero-order valence-electron chi connectivity index (χ0n) is 6.70. The molecule has 0 saturated heterocycles. The van der Waals surface area contributed by atoms with Crippen molar-refractivity contribution < 1.29 is 13.2 Å². The van der Waals surface area contributed by atoms with Gasteiger partial charge in [0.1, 0.15) is 6.04 Å². The summed E-state index contributed by atoms with van der Waals surface area (Å²) < 4.78 is 35.6. The molecule has 1 N–H and O–H groups in total. The minimum absolute atomic E-state index is 0.161. The molecule has 0 aliphatic rings. The van der Waals surface area contributed by atoms with Crippen molar-refractivity contribution in [2.45, 2.75) is 31.4 Å². The van der Waals surface area contributed by atoms with Crippen LogP contribution in [0, 0.1) is 0 Å². The summed E-state index contributed by atoms with van der Waals surface area (Å²) in [4.78, 5) is 0. The molecule has 5 heteroatoms. The number of rotatable bonds is 3. The third-order valence-corrected chi connectivity index (χ3v) is 2.17. The van der Waals surface area contributed by atoms with E-state index in [0.29, 0.717) is 0 Å². The molecule has 68 valence electrons. The van der Waals surface area contributed by atoms with Gasteiger partial charge < -0.3 is 0 Å². The summed E-state index contributed by atoms with van der Waals surface area (Å²) >= 11 is 1.36. The number of hydrogen-bond donors (Lipinski definition) is 1. The second-order valence-electron chi connectivity index (χ2n) is 2.31. The molecule has 0 aromatic carbocycles. The molecule has 0 aliphatic carbocycles. The molecule has 0 amide bonds. The second-order valence-corrected chi connectivity index (χ2v) is 3.49. The standard InChI is InChI=1S/C6H12F3NS/c1-4(6(7,8)9)10-5(2)11-3/h4-5,10H,1-3H3/t4-,5?/m0/s1. The van der Waals surface area contributed by atoms with Crippen LogP contribution < -0.4 is 5.32 Å². The SMILES string of the molecule is CSC(C)N[C@@H](C)C(F)(F)F. The highest BCUT2D eigenvalue weighted by Crippen LogP contribution is 2.20. The molecule has 0 heterocycles. The van der Waals surface area contributed by atoms with E-state index in [2.05, 4.69) is 5.32 Å². The quantitative estimate of drug-likeness (QED) is 0.680. The smallest absolute Gasteiger partial charge is 0.295 e. The van der Waals surface area contributed by atoms with E-state index in [4.69, 9.17) is 0 Å². The van der Waals surface area contributed by atoms with Crippen molar-refractivity contribution in [3.8, 4) is 0 Å². The van der Waals surface area contributed by atoms with Gasteiger partial charge in [-0.25, -0.2) is 0 Å². The Labute approximate surface area is 68.7 Å². The molecule has 0 fully saturated rings. The maximum Gasteiger partial charge on any atom is 0.403 e. The van der Waals surface area contributed by atoms with Gasteiger partial charge in [0, 0.05) is 0 Å². The molecule has 0 saturated carbocycles. The van der Waals surface area contributed by atoms with Gasteiger partial charge in [-0.2, -0.15) is 13.2 Å². The third-order valence-electron chi connectivity index (χ3n) is 1.33. The lowest BCUT2D eigenvalue weighted by molar-refractivity contribution is -0.151. The predicted octanol–water partition coefficient (Wildman–Crippen LogP) is 2.24. The van der Waals surface area contributed by atoms with Crippen molar-refractivity contribution in [2.24, 2.45) is 0 Å². The molecule has 0 radical (unpaired) electrons. The van der Waals surface area contributed by atoms with Crippen LogP contribution in [0.4, 0.5) is 13.2 Å². The highest BCUT2D eigenvalue weighted by molar-refractivity contribution is 7.99. The minimum Gasteiger partial charge on any atom is -0.295 e. The van der Waals surface area contributed by atoms with Crippen LogP contribution in [0.2, 0.25) is 0 Å². The van der Waals surface area contributed by atoms with Gasteiger partial charge in [0.05, 0.1) is 5.37 Å². The van der Waals surface area contributed by atoms with Gasteiger partial charge in [0.15, 0.2) is 0 Å². The van der Waals surface area contributed by atoms with E-state index in [1.165, 1.54) is 11.8 Å². The van der Waals surface area contributed by atoms with Gasteiger partial charge in [0.25, 0.3) is 0 Å². The van der Waals surface area contributed by atoms with Crippen molar-refractivity contribution in [3.05, 3.63) is 0 Å². The van der Waals surface area contributed by atoms with Gasteiger partial charge in [-0.3, -0.25) is 5.32 Å². The largest absolute Gasteiger partial charge is 0.403 e. The van der Waals surface area contributed by atoms with E-state index < -0.39 is 12.2 Å². The molecule has 1 unspecified atom stereocenters. The average Bonchev–Trinajstić information content (AvgIpc) is 1.85. The maximum absolute atomic E-state index is 11.9. The van der Waals surface area contributed by atoms with Gasteiger partial charge in [0.2, 0.25) is 0 Å². The van der Waals surface area contributed by atoms with Gasteiger partial charge in [-0.15, -0.1) is 11.8 Å². The normalized spacial score (nSPS) is 18.0. The highest BCUT2D eigenvalue weighted by Gasteiger charge is 2.36. The lowest BCUT2D eigenvalue weighted by Crippen LogP contribution is -2.42. The Kier molecular flexibility index (Phi) is 4.25. The van der Waals surface area contributed by atoms with Crippen molar-refractivity contribution in [1.29, 1.82) is 0 Å². The number of nitrogens with one attached hydrogen (secondary N) is 1. The molecular weight excluding hydrogens is 175 g/mol. The molecule has 0 bridgehead atoms. The molecule has 0 aromatic rings. The summed E-state index contributed by atoms with van der Waals surface area (Å²) in [7, 11) is 0. The van der Waals surface area contributed by atoms with Crippen LogP contribution in [0.1, 0.15) is 13.8 Å². The van der Waals surface area contributed by atoms with Crippen LogP contribution >= 0.6 is 11.8 Å². The van der Waals surface area contributed by atoms with Gasteiger partial charge >= 0.3 is 6.18 Å². The first-order valence-electron chi connectivity index (χ1n) is 3.23. The Morgan fingerprint density at radius 2 is 1.73 bits per heavy atom. The van der Waals surface area contributed by atoms with Crippen LogP contribution in [-0.2, 0) is 0 Å². The fraction of sp³-hybridized carbons (Fsp3) is 1.00. The number of alkyl halides is 3. The van der Waals surface area contributed by atoms with Crippen molar-refractivity contribution in [2.75, 3.05) is 6.26 Å². The molecule has 2 atom stereocenters. The minimum atomic E-state index is -4.13. The maximum atomic E-state index is 11.9. The zero-order chi connectivity index (χ0) is 9.07. The second kappa shape index (κ2) is 4.21. The van der Waals surface area contributed by atoms with E-state index >= 15 is 0 Å². The van der Waals surface area contributed by atoms with Crippen molar-refractivity contribution in [1.82, 2.24) is 5.32 Å². The Hall–Kier alpha value is 0.100. The van der Waals surface area contributed by atoms with E-state index in [9.17, 15) is 13.2 Å². The van der Waals surface area contributed by atoms with Crippen molar-refractivity contribution in [3.63, 3.8) is 0 Å². The van der Waals surface area contributed by atoms with E-state index in [1.54, 1.807) is 13.2 Å². The van der Waals surface area contributed by atoms with Crippen LogP contribution in [0.5, 0.6) is 0 Å². The first kappa shape index (κ1) is 11.1. The number of hydrogen-bond acceptors (Lipinski definition) is 2. The lowest BCUT2D eigenvalue weighted by Gasteiger charge is -2.20. The first-order chi connectivity index (χ1) is 4.88. The number of halogens is 3. The number of thioether (sulfide) groups is 1. The fourth-order valence-electron chi connectivity index (χ4n) is 0.515. The first-order valence-corrected chi connectivity index (χ1v) is 4.52. The summed E-state index contributed by atoms with van der Waals surface area (Å²) in [6, 6.07) is -1.43. The summed E-state index contributed by atoms with van der Waals surface area (Å²) in [5, 5.41) is 2.25. The predicted molar refractivity (Wildman–Crippen MR) is 41.6 cm³/mol. The summed E-state index contributed by atoms with van der Waals surface area (Å²) in [5.41, 5.74) is 0. The topological polar surface area (TPSA) is 12.0 Å². The van der Waals surface area contributed by atoms with E-state index in [0.717, 1.165) is 6.92 Å². The third kappa shape index (κ3) is 4.53. The van der Waals surface area contributed by atoms with Crippen LogP contribution in [-0.4, -0.2) is 23.8 Å². The fourth-order valence-corrected chi connectivity index (χ4v) is 0.855. The lowest BCUT2D eigenvalue weighted by atomic mass is 10.3. The molecule has 11 heavy (non-hydrogen) atoms. The Bertz CT molecular complexity index is 115. The Morgan fingerprint density at radius 3 is 2.00 bits per heavy atom. The monoisotopic (exact) mass is 187 g/mol. The molecule has 0 aliphatic heterocycles. The molecule has 0 rings (SSSR count). The average molecular weight is 187 g/mol. The van der Waals surface area contributed by atoms with Crippen LogP contribution in [0.25, 0.3) is 0 Å². The van der Waals surface area contributed by atoms with Crippen molar-refractivity contribution >= 4 is 11.8 Å². The summed E-state index contributed by atoms with van der Waals surface area (Å²) in [6.45, 7) is 2.82. The molecule has 0 aromatic heterocycles. The Morgan fingerprint density at radius 1 is 1.27 bits per heavy atom. The van der Waals surface area contributed by atoms with Gasteiger partial charge in [-0.05, 0) is 20.1 Å². The molecular formula is C6H12F3NS. The molecule has 0 spiro atoms.